The van der Waals surface area contributed by atoms with Gasteiger partial charge in [0.15, 0.2) is 0 Å². The average molecular weight is 310 g/mol. The fourth-order valence-electron chi connectivity index (χ4n) is 1.81. The quantitative estimate of drug-likeness (QED) is 0.296. The molecule has 0 heterocycles. The first-order chi connectivity index (χ1) is 10.6. The summed E-state index contributed by atoms with van der Waals surface area (Å²) < 4.78 is 4.76. The van der Waals surface area contributed by atoms with Gasteiger partial charge in [0, 0.05) is 0 Å². The number of carbonyl (C=O) groups is 2. The molecular weight excluding hydrogens is 288 g/mol. The highest BCUT2D eigenvalue weighted by Gasteiger charge is 2.13. The molecule has 0 aliphatic carbocycles. The van der Waals surface area contributed by atoms with Crippen LogP contribution in [0.3, 0.4) is 0 Å². The molecule has 0 aliphatic rings. The van der Waals surface area contributed by atoms with Crippen LogP contribution in [0.25, 0.3) is 0 Å². The summed E-state index contributed by atoms with van der Waals surface area (Å²) in [6, 6.07) is 6.82. The van der Waals surface area contributed by atoms with Gasteiger partial charge in [0.05, 0.1) is 17.2 Å². The highest BCUT2D eigenvalue weighted by molar-refractivity contribution is 5.90. The van der Waals surface area contributed by atoms with Crippen LogP contribution in [0.1, 0.15) is 54.9 Å². The zero-order valence-corrected chi connectivity index (χ0v) is 13.0. The molecule has 0 spiro atoms. The molecule has 0 fully saturated rings. The van der Waals surface area contributed by atoms with Crippen molar-refractivity contribution in [2.45, 2.75) is 46.0 Å². The highest BCUT2D eigenvalue weighted by atomic mass is 17.5. The van der Waals surface area contributed by atoms with Crippen molar-refractivity contribution in [2.24, 2.45) is 0 Å². The number of rotatable bonds is 9. The SMILES string of the molecule is CCCCCCCOC(=O)OOOC(=O)c1ccccc1C. The molecule has 0 amide bonds. The Morgan fingerprint density at radius 3 is 2.45 bits per heavy atom. The summed E-state index contributed by atoms with van der Waals surface area (Å²) in [6.07, 6.45) is 4.15. The van der Waals surface area contributed by atoms with Gasteiger partial charge in [-0.3, -0.25) is 4.89 Å². The first-order valence-corrected chi connectivity index (χ1v) is 7.43. The third-order valence-electron chi connectivity index (χ3n) is 3.04. The van der Waals surface area contributed by atoms with Gasteiger partial charge in [-0.25, -0.2) is 14.5 Å². The summed E-state index contributed by atoms with van der Waals surface area (Å²) in [7, 11) is 0. The largest absolute Gasteiger partial charge is 0.543 e. The smallest absolute Gasteiger partial charge is 0.432 e. The number of ether oxygens (including phenoxy) is 1. The van der Waals surface area contributed by atoms with Crippen molar-refractivity contribution in [3.8, 4) is 0 Å². The van der Waals surface area contributed by atoms with E-state index in [2.05, 4.69) is 21.7 Å². The first kappa shape index (κ1) is 18.0. The van der Waals surface area contributed by atoms with Gasteiger partial charge < -0.3 is 4.74 Å². The second kappa shape index (κ2) is 10.6. The number of carbonyl (C=O) groups excluding carboxylic acids is 2. The van der Waals surface area contributed by atoms with E-state index in [-0.39, 0.29) is 6.61 Å². The lowest BCUT2D eigenvalue weighted by Gasteiger charge is -2.05. The number of aryl methyl sites for hydroxylation is 1. The van der Waals surface area contributed by atoms with Gasteiger partial charge in [-0.05, 0) is 25.0 Å². The van der Waals surface area contributed by atoms with E-state index >= 15 is 0 Å². The van der Waals surface area contributed by atoms with Crippen LogP contribution in [-0.4, -0.2) is 18.7 Å². The van der Waals surface area contributed by atoms with Gasteiger partial charge >= 0.3 is 12.1 Å². The summed E-state index contributed by atoms with van der Waals surface area (Å²) in [5, 5.41) is 4.14. The molecule has 0 atom stereocenters. The molecule has 0 saturated heterocycles. The molecule has 6 heteroatoms. The molecule has 0 aliphatic heterocycles. The summed E-state index contributed by atoms with van der Waals surface area (Å²) in [4.78, 5) is 31.4. The topological polar surface area (TPSA) is 71.1 Å². The van der Waals surface area contributed by atoms with Gasteiger partial charge in [0.2, 0.25) is 0 Å². The zero-order valence-electron chi connectivity index (χ0n) is 13.0. The molecule has 0 aromatic heterocycles. The van der Waals surface area contributed by atoms with E-state index in [1.165, 1.54) is 6.42 Å². The van der Waals surface area contributed by atoms with Crippen LogP contribution < -0.4 is 0 Å². The number of hydrogen-bond donors (Lipinski definition) is 0. The molecular formula is C16H22O6. The Kier molecular flexibility index (Phi) is 8.67. The zero-order chi connectivity index (χ0) is 16.2. The van der Waals surface area contributed by atoms with Crippen molar-refractivity contribution >= 4 is 12.1 Å². The van der Waals surface area contributed by atoms with Crippen LogP contribution in [0.5, 0.6) is 0 Å². The summed E-state index contributed by atoms with van der Waals surface area (Å²) in [5.74, 6) is -0.745. The molecule has 22 heavy (non-hydrogen) atoms. The molecule has 0 unspecified atom stereocenters. The van der Waals surface area contributed by atoms with Gasteiger partial charge in [-0.2, -0.15) is 0 Å². The minimum atomic E-state index is -1.03. The van der Waals surface area contributed by atoms with E-state index in [1.54, 1.807) is 31.2 Å². The highest BCUT2D eigenvalue weighted by Crippen LogP contribution is 2.09. The second-order valence-electron chi connectivity index (χ2n) is 4.85. The Hall–Kier alpha value is -2.08. The number of benzene rings is 1. The predicted molar refractivity (Wildman–Crippen MR) is 78.9 cm³/mol. The van der Waals surface area contributed by atoms with E-state index in [9.17, 15) is 9.59 Å². The van der Waals surface area contributed by atoms with Gasteiger partial charge in [0.1, 0.15) is 0 Å². The summed E-state index contributed by atoms with van der Waals surface area (Å²) in [5.41, 5.74) is 1.06. The van der Waals surface area contributed by atoms with E-state index in [0.29, 0.717) is 5.56 Å². The molecule has 1 aromatic carbocycles. The second-order valence-corrected chi connectivity index (χ2v) is 4.85. The van der Waals surface area contributed by atoms with E-state index in [4.69, 9.17) is 4.74 Å². The standard InChI is InChI=1S/C16H22O6/c1-3-4-5-6-9-12-19-16(18)21-22-20-15(17)14-11-8-7-10-13(14)2/h7-8,10-11H,3-6,9,12H2,1-2H3. The molecule has 0 N–H and O–H groups in total. The van der Waals surface area contributed by atoms with Crippen LogP contribution in [-0.2, 0) is 19.6 Å². The lowest BCUT2D eigenvalue weighted by Crippen LogP contribution is -2.13. The Balaban J connectivity index is 2.12. The molecule has 0 radical (unpaired) electrons. The molecule has 1 rings (SSSR count). The number of unbranched alkanes of at least 4 members (excludes halogenated alkanes) is 4. The van der Waals surface area contributed by atoms with Crippen LogP contribution >= 0.6 is 0 Å². The Morgan fingerprint density at radius 2 is 1.73 bits per heavy atom. The molecule has 1 aromatic rings. The fourth-order valence-corrected chi connectivity index (χ4v) is 1.81. The lowest BCUT2D eigenvalue weighted by atomic mass is 10.1. The van der Waals surface area contributed by atoms with Crippen LogP contribution in [0.15, 0.2) is 24.3 Å². The maximum absolute atomic E-state index is 11.6. The Morgan fingerprint density at radius 1 is 1.00 bits per heavy atom. The van der Waals surface area contributed by atoms with Crippen molar-refractivity contribution in [1.82, 2.24) is 0 Å². The van der Waals surface area contributed by atoms with E-state index in [1.807, 2.05) is 0 Å². The van der Waals surface area contributed by atoms with Crippen LogP contribution in [0, 0.1) is 6.92 Å². The summed E-state index contributed by atoms with van der Waals surface area (Å²) >= 11 is 0. The van der Waals surface area contributed by atoms with Crippen molar-refractivity contribution in [1.29, 1.82) is 0 Å². The predicted octanol–water partition coefficient (Wildman–Crippen LogP) is 4.12. The third kappa shape index (κ3) is 7.08. The number of hydrogen-bond acceptors (Lipinski definition) is 6. The third-order valence-corrected chi connectivity index (χ3v) is 3.04. The van der Waals surface area contributed by atoms with E-state index in [0.717, 1.165) is 31.2 Å². The molecule has 122 valence electrons. The van der Waals surface area contributed by atoms with Crippen molar-refractivity contribution in [3.05, 3.63) is 35.4 Å². The minimum Gasteiger partial charge on any atom is -0.432 e. The van der Waals surface area contributed by atoms with Crippen LogP contribution in [0.2, 0.25) is 0 Å². The summed E-state index contributed by atoms with van der Waals surface area (Å²) in [6.45, 7) is 4.13. The Labute approximate surface area is 130 Å². The molecule has 0 saturated carbocycles. The van der Waals surface area contributed by atoms with Gasteiger partial charge in [-0.1, -0.05) is 50.8 Å². The minimum absolute atomic E-state index is 0.248. The maximum Gasteiger partial charge on any atom is 0.543 e. The lowest BCUT2D eigenvalue weighted by molar-refractivity contribution is -0.452. The van der Waals surface area contributed by atoms with E-state index < -0.39 is 12.1 Å². The van der Waals surface area contributed by atoms with Gasteiger partial charge in [-0.15, -0.1) is 0 Å². The normalized spacial score (nSPS) is 10.1. The monoisotopic (exact) mass is 310 g/mol. The van der Waals surface area contributed by atoms with Crippen molar-refractivity contribution in [3.63, 3.8) is 0 Å². The van der Waals surface area contributed by atoms with Gasteiger partial charge in [0.25, 0.3) is 0 Å². The van der Waals surface area contributed by atoms with Crippen molar-refractivity contribution < 1.29 is 29.1 Å². The maximum atomic E-state index is 11.6. The Bertz CT molecular complexity index is 471. The first-order valence-electron chi connectivity index (χ1n) is 7.43. The average Bonchev–Trinajstić information content (AvgIpc) is 2.51. The molecule has 0 bridgehead atoms. The fraction of sp³-hybridized carbons (Fsp3) is 0.500. The molecule has 6 nitrogen and oxygen atoms in total. The van der Waals surface area contributed by atoms with Crippen molar-refractivity contribution in [2.75, 3.05) is 6.61 Å². The van der Waals surface area contributed by atoms with Crippen LogP contribution in [0.4, 0.5) is 4.79 Å².